The number of ether oxygens (including phenoxy) is 1. The molecule has 1 aromatic carbocycles. The van der Waals surface area contributed by atoms with Gasteiger partial charge in [-0.15, -0.1) is 23.2 Å². The lowest BCUT2D eigenvalue weighted by molar-refractivity contribution is -0.173. The van der Waals surface area contributed by atoms with Crippen molar-refractivity contribution in [3.05, 3.63) is 32.2 Å². The van der Waals surface area contributed by atoms with Crippen LogP contribution in [-0.4, -0.2) is 67.8 Å². The number of allylic oxidation sites excluding steroid dienone is 2. The fourth-order valence-corrected chi connectivity index (χ4v) is 8.02. The molecule has 1 saturated carbocycles. The van der Waals surface area contributed by atoms with Crippen LogP contribution in [0.2, 0.25) is 0 Å². The molecule has 13 heteroatoms. The maximum absolute atomic E-state index is 13.5. The summed E-state index contributed by atoms with van der Waals surface area (Å²) in [7, 11) is 2.64. The van der Waals surface area contributed by atoms with Gasteiger partial charge < -0.3 is 9.84 Å². The first-order chi connectivity index (χ1) is 16.3. The molecular weight excluding hydrogens is 635 g/mol. The van der Waals surface area contributed by atoms with E-state index < -0.39 is 57.0 Å². The van der Waals surface area contributed by atoms with Gasteiger partial charge in [-0.25, -0.2) is 0 Å². The summed E-state index contributed by atoms with van der Waals surface area (Å²) in [6.07, 6.45) is 1.68. The summed E-state index contributed by atoms with van der Waals surface area (Å²) in [5, 5.41) is 20.6. The Hall–Kier alpha value is -1.66. The Kier molecular flexibility index (Phi) is 5.66. The fourth-order valence-electron chi connectivity index (χ4n) is 6.05. The summed E-state index contributed by atoms with van der Waals surface area (Å²) in [5.74, 6) is -6.66. The van der Waals surface area contributed by atoms with Crippen LogP contribution in [0.5, 0.6) is 11.5 Å². The molecule has 5 rings (SSSR count). The predicted octanol–water partition coefficient (Wildman–Crippen LogP) is 3.30. The number of phenols is 1. The van der Waals surface area contributed by atoms with Crippen molar-refractivity contribution in [1.29, 1.82) is 0 Å². The van der Waals surface area contributed by atoms with Crippen LogP contribution in [0.4, 0.5) is 0 Å². The number of nitrogens with zero attached hydrogens (tertiary/aromatic N) is 2. The zero-order chi connectivity index (χ0) is 25.8. The van der Waals surface area contributed by atoms with Crippen molar-refractivity contribution < 1.29 is 34.2 Å². The van der Waals surface area contributed by atoms with Crippen LogP contribution >= 0.6 is 55.1 Å². The lowest BCUT2D eigenvalue weighted by atomic mass is 9.56. The van der Waals surface area contributed by atoms with E-state index in [0.29, 0.717) is 15.6 Å². The Morgan fingerprint density at radius 2 is 1.74 bits per heavy atom. The van der Waals surface area contributed by atoms with E-state index in [9.17, 15) is 29.5 Å². The van der Waals surface area contributed by atoms with Crippen molar-refractivity contribution in [3.63, 3.8) is 0 Å². The van der Waals surface area contributed by atoms with Gasteiger partial charge in [-0.05, 0) is 62.2 Å². The number of hydroxylamine groups is 2. The molecule has 4 aliphatic rings. The van der Waals surface area contributed by atoms with Crippen LogP contribution in [0.3, 0.4) is 0 Å². The van der Waals surface area contributed by atoms with Gasteiger partial charge in [0.1, 0.15) is 0 Å². The normalized spacial score (nSPS) is 36.3. The van der Waals surface area contributed by atoms with Gasteiger partial charge in [0.2, 0.25) is 0 Å². The molecule has 35 heavy (non-hydrogen) atoms. The lowest BCUT2D eigenvalue weighted by Crippen LogP contribution is -2.60. The number of phenolic OH excluding ortho intramolecular Hbond substituents is 1. The van der Waals surface area contributed by atoms with Crippen LogP contribution < -0.4 is 4.74 Å². The molecule has 0 radical (unpaired) electrons. The second-order valence-corrected chi connectivity index (χ2v) is 12.0. The highest BCUT2D eigenvalue weighted by molar-refractivity contribution is 9.13. The summed E-state index contributed by atoms with van der Waals surface area (Å²) in [5.41, 5.74) is 0.931. The number of alkyl halides is 2. The van der Waals surface area contributed by atoms with E-state index in [4.69, 9.17) is 27.9 Å². The molecule has 2 aliphatic heterocycles. The van der Waals surface area contributed by atoms with E-state index in [1.165, 1.54) is 20.2 Å². The molecule has 0 aromatic heterocycles. The quantitative estimate of drug-likeness (QED) is 0.218. The van der Waals surface area contributed by atoms with E-state index >= 15 is 0 Å². The number of imide groups is 2. The van der Waals surface area contributed by atoms with E-state index in [1.807, 2.05) is 0 Å². The second-order valence-electron chi connectivity index (χ2n) is 9.13. The van der Waals surface area contributed by atoms with Gasteiger partial charge in [0.25, 0.3) is 23.6 Å². The third-order valence-electron chi connectivity index (χ3n) is 7.70. The molecule has 186 valence electrons. The number of halogens is 4. The number of methoxy groups -OCH3 is 1. The summed E-state index contributed by atoms with van der Waals surface area (Å²) >= 11 is 20.9. The van der Waals surface area contributed by atoms with Gasteiger partial charge in [0.15, 0.2) is 21.2 Å². The van der Waals surface area contributed by atoms with Crippen LogP contribution in [0.1, 0.15) is 24.3 Å². The van der Waals surface area contributed by atoms with E-state index in [0.717, 1.165) is 4.90 Å². The average molecular weight is 653 g/mol. The number of likely N-dealkylation sites (tertiary alicyclic amines) is 1. The molecule has 0 bridgehead atoms. The van der Waals surface area contributed by atoms with Gasteiger partial charge in [-0.1, -0.05) is 11.6 Å². The van der Waals surface area contributed by atoms with Crippen molar-refractivity contribution in [2.75, 3.05) is 14.2 Å². The van der Waals surface area contributed by atoms with E-state index in [1.54, 1.807) is 6.08 Å². The molecule has 6 atom stereocenters. The van der Waals surface area contributed by atoms with E-state index in [-0.39, 0.29) is 33.9 Å². The molecule has 4 amide bonds. The van der Waals surface area contributed by atoms with Gasteiger partial charge in [0, 0.05) is 17.4 Å². The average Bonchev–Trinajstić information content (AvgIpc) is 3.13. The van der Waals surface area contributed by atoms with Crippen molar-refractivity contribution in [3.8, 4) is 11.5 Å². The molecule has 2 N–H and O–H groups in total. The Balaban J connectivity index is 1.81. The Bertz CT molecular complexity index is 1270. The third-order valence-corrected chi connectivity index (χ3v) is 11.3. The molecule has 0 spiro atoms. The topological polar surface area (TPSA) is 124 Å². The highest BCUT2D eigenvalue weighted by Gasteiger charge is 2.76. The highest BCUT2D eigenvalue weighted by Crippen LogP contribution is 2.66. The molecule has 2 heterocycles. The number of amides is 4. The van der Waals surface area contributed by atoms with Gasteiger partial charge in [-0.2, -0.15) is 5.06 Å². The zero-order valence-corrected chi connectivity index (χ0v) is 22.9. The van der Waals surface area contributed by atoms with Gasteiger partial charge in [-0.3, -0.25) is 29.3 Å². The standard InChI is InChI=1S/C22H18Br2Cl2N2O7/c1-27-19(32)21(25)6-10-7(3-4-8-12(10)18(31)28(34)17(8)30)13(22(21,26)20(27)33)9-5-11(35-2)16(29)15(24)14(9)23/h3,5,8,10,12-13,29,34H,4,6H2,1-2H3/t8-,10+,12-,13+,21+,22-/m0/s1. The van der Waals surface area contributed by atoms with Crippen molar-refractivity contribution in [2.45, 2.75) is 28.5 Å². The molecular formula is C22H18Br2Cl2N2O7. The maximum atomic E-state index is 13.5. The number of benzene rings is 1. The first-order valence-electron chi connectivity index (χ1n) is 10.5. The molecule has 2 saturated heterocycles. The Labute approximate surface area is 226 Å². The number of hydrogen-bond acceptors (Lipinski definition) is 7. The Morgan fingerprint density at radius 1 is 1.09 bits per heavy atom. The van der Waals surface area contributed by atoms with Crippen LogP contribution in [0, 0.1) is 17.8 Å². The summed E-state index contributed by atoms with van der Waals surface area (Å²) < 4.78 is 5.87. The molecule has 3 fully saturated rings. The minimum atomic E-state index is -1.98. The van der Waals surface area contributed by atoms with E-state index in [2.05, 4.69) is 31.9 Å². The highest BCUT2D eigenvalue weighted by atomic mass is 79.9. The third kappa shape index (κ3) is 2.90. The SMILES string of the molecule is COc1cc([C@H]2C3=CC[C@@H]4C(=O)N(O)C(=O)[C@@H]4[C@@H]3C[C@@]3(Cl)C(=O)N(C)C(=O)[C@@]23Cl)c(Br)c(Br)c1O. The lowest BCUT2D eigenvalue weighted by Gasteiger charge is -2.51. The minimum Gasteiger partial charge on any atom is -0.503 e. The predicted molar refractivity (Wildman–Crippen MR) is 129 cm³/mol. The monoisotopic (exact) mass is 650 g/mol. The fraction of sp³-hybridized carbons (Fsp3) is 0.455. The summed E-state index contributed by atoms with van der Waals surface area (Å²) in [6.45, 7) is 0. The Morgan fingerprint density at radius 3 is 2.37 bits per heavy atom. The largest absolute Gasteiger partial charge is 0.503 e. The molecule has 1 aromatic rings. The first-order valence-corrected chi connectivity index (χ1v) is 12.9. The first kappa shape index (κ1) is 25.0. The van der Waals surface area contributed by atoms with Crippen molar-refractivity contribution in [1.82, 2.24) is 9.96 Å². The number of rotatable bonds is 2. The van der Waals surface area contributed by atoms with Crippen LogP contribution in [0.25, 0.3) is 0 Å². The maximum Gasteiger partial charge on any atom is 0.257 e. The smallest absolute Gasteiger partial charge is 0.257 e. The number of carbonyl (C=O) groups excluding carboxylic acids is 4. The van der Waals surface area contributed by atoms with Crippen molar-refractivity contribution in [2.24, 2.45) is 17.8 Å². The van der Waals surface area contributed by atoms with Crippen LogP contribution in [0.15, 0.2) is 26.7 Å². The van der Waals surface area contributed by atoms with Gasteiger partial charge in [0.05, 0.1) is 23.4 Å². The number of hydrogen-bond donors (Lipinski definition) is 2. The van der Waals surface area contributed by atoms with Crippen molar-refractivity contribution >= 4 is 78.7 Å². The summed E-state index contributed by atoms with van der Waals surface area (Å²) in [4.78, 5) is 49.2. The van der Waals surface area contributed by atoms with Gasteiger partial charge >= 0.3 is 0 Å². The second kappa shape index (κ2) is 7.92. The molecule has 9 nitrogen and oxygen atoms in total. The summed E-state index contributed by atoms with van der Waals surface area (Å²) in [6, 6.07) is 1.49. The zero-order valence-electron chi connectivity index (χ0n) is 18.2. The number of aromatic hydroxyl groups is 1. The van der Waals surface area contributed by atoms with Crippen LogP contribution in [-0.2, 0) is 19.2 Å². The number of fused-ring (bicyclic) bond motifs is 4. The minimum absolute atomic E-state index is 0.0747. The molecule has 2 aliphatic carbocycles. The number of carbonyl (C=O) groups is 4. The molecule has 0 unspecified atom stereocenters.